The molecule has 1 heterocycles. The first-order valence-corrected chi connectivity index (χ1v) is 3.70. The van der Waals surface area contributed by atoms with Crippen molar-refractivity contribution in [3.05, 3.63) is 35.9 Å². The van der Waals surface area contributed by atoms with Gasteiger partial charge in [0.1, 0.15) is 0 Å². The van der Waals surface area contributed by atoms with Crippen molar-refractivity contribution in [3.63, 3.8) is 0 Å². The maximum Gasteiger partial charge on any atom is 0.181 e. The van der Waals surface area contributed by atoms with Crippen molar-refractivity contribution in [3.8, 4) is 0 Å². The fourth-order valence-electron chi connectivity index (χ4n) is 1.05. The van der Waals surface area contributed by atoms with Gasteiger partial charge in [-0.25, -0.2) is 0 Å². The van der Waals surface area contributed by atoms with Crippen LogP contribution in [0.3, 0.4) is 0 Å². The highest BCUT2D eigenvalue weighted by Crippen LogP contribution is 2.08. The van der Waals surface area contributed by atoms with Crippen molar-refractivity contribution in [1.29, 1.82) is 0 Å². The van der Waals surface area contributed by atoms with Gasteiger partial charge in [-0.05, 0) is 0 Å². The van der Waals surface area contributed by atoms with Crippen molar-refractivity contribution < 1.29 is 4.79 Å². The minimum absolute atomic E-state index is 0.0948. The first-order valence-electron chi connectivity index (χ1n) is 3.70. The number of hydrogen-bond donors (Lipinski definition) is 1. The molecule has 11 heavy (non-hydrogen) atoms. The third-order valence-corrected chi connectivity index (χ3v) is 1.78. The molecule has 1 N–H and O–H groups in total. The van der Waals surface area contributed by atoms with E-state index in [2.05, 4.69) is 5.32 Å². The summed E-state index contributed by atoms with van der Waals surface area (Å²) in [5.74, 6) is 0.214. The van der Waals surface area contributed by atoms with Gasteiger partial charge in [0, 0.05) is 12.1 Å². The highest BCUT2D eigenvalue weighted by molar-refractivity contribution is 6.01. The molecule has 1 aromatic rings. The molecule has 0 spiro atoms. The number of hydrogen-bond acceptors (Lipinski definition) is 2. The molecule has 1 aliphatic rings. The first-order chi connectivity index (χ1) is 5.38. The first kappa shape index (κ1) is 6.55. The lowest BCUT2D eigenvalue weighted by atomic mass is 10.1. The Labute approximate surface area is 65.2 Å². The minimum Gasteiger partial charge on any atom is -0.304 e. The van der Waals surface area contributed by atoms with Crippen LogP contribution in [0.15, 0.2) is 30.3 Å². The van der Waals surface area contributed by atoms with Gasteiger partial charge < -0.3 is 5.32 Å². The average molecular weight is 147 g/mol. The minimum atomic E-state index is 0.0948. The molecule has 2 heteroatoms. The van der Waals surface area contributed by atoms with E-state index in [-0.39, 0.29) is 11.8 Å². The summed E-state index contributed by atoms with van der Waals surface area (Å²) in [4.78, 5) is 11.3. The summed E-state index contributed by atoms with van der Waals surface area (Å²) in [7, 11) is 0. The van der Waals surface area contributed by atoms with Crippen LogP contribution in [0, 0.1) is 0 Å². The molecular weight excluding hydrogens is 138 g/mol. The van der Waals surface area contributed by atoms with Crippen LogP contribution in [0.5, 0.6) is 0 Å². The normalized spacial score (nSPS) is 21.3. The van der Waals surface area contributed by atoms with E-state index in [1.54, 1.807) is 0 Å². The topological polar surface area (TPSA) is 39.0 Å². The van der Waals surface area contributed by atoms with Crippen LogP contribution in [-0.4, -0.2) is 18.4 Å². The number of ketones is 1. The molecule has 1 aromatic carbocycles. The monoisotopic (exact) mass is 147 g/mol. The Kier molecular flexibility index (Phi) is 1.47. The molecule has 2 nitrogen and oxygen atoms in total. The predicted molar refractivity (Wildman–Crippen MR) is 42.6 cm³/mol. The van der Waals surface area contributed by atoms with Gasteiger partial charge in [-0.15, -0.1) is 0 Å². The van der Waals surface area contributed by atoms with Crippen LogP contribution in [0.25, 0.3) is 0 Å². The summed E-state index contributed by atoms with van der Waals surface area (Å²) in [6.45, 7) is 0.841. The van der Waals surface area contributed by atoms with E-state index in [4.69, 9.17) is 0 Å². The lowest BCUT2D eigenvalue weighted by Crippen LogP contribution is -2.09. The molecule has 1 fully saturated rings. The second-order valence-corrected chi connectivity index (χ2v) is 2.69. The molecule has 1 atom stereocenters. The third kappa shape index (κ3) is 1.30. The summed E-state index contributed by atoms with van der Waals surface area (Å²) in [5, 5.41) is 2.98. The number of Topliss-reactive ketones (excluding diaryl/α,β-unsaturated/α-hetero) is 1. The molecule has 56 valence electrons. The van der Waals surface area contributed by atoms with E-state index < -0.39 is 0 Å². The number of rotatable bonds is 2. The highest BCUT2D eigenvalue weighted by Gasteiger charge is 2.28. The van der Waals surface area contributed by atoms with Gasteiger partial charge in [0.15, 0.2) is 5.78 Å². The molecule has 1 unspecified atom stereocenters. The average Bonchev–Trinajstić information content (AvgIpc) is 2.87. The maximum absolute atomic E-state index is 11.3. The fourth-order valence-corrected chi connectivity index (χ4v) is 1.05. The molecule has 0 amide bonds. The van der Waals surface area contributed by atoms with E-state index in [0.29, 0.717) is 0 Å². The lowest BCUT2D eigenvalue weighted by molar-refractivity contribution is 0.0990. The fraction of sp³-hybridized carbons (Fsp3) is 0.222. The Hall–Kier alpha value is -1.15. The maximum atomic E-state index is 11.3. The molecule has 0 aromatic heterocycles. The standard InChI is InChI=1S/C9H9NO/c11-9(8-6-10-8)7-4-2-1-3-5-7/h1-5,8,10H,6H2. The van der Waals surface area contributed by atoms with E-state index in [0.717, 1.165) is 12.1 Å². The molecule has 1 aliphatic heterocycles. The quantitative estimate of drug-likeness (QED) is 0.497. The zero-order valence-electron chi connectivity index (χ0n) is 6.08. The van der Waals surface area contributed by atoms with Gasteiger partial charge in [0.25, 0.3) is 0 Å². The molecule has 0 saturated carbocycles. The van der Waals surface area contributed by atoms with Crippen LogP contribution < -0.4 is 5.32 Å². The Morgan fingerprint density at radius 2 is 2.00 bits per heavy atom. The Morgan fingerprint density at radius 1 is 1.36 bits per heavy atom. The largest absolute Gasteiger partial charge is 0.304 e. The number of benzene rings is 1. The van der Waals surface area contributed by atoms with Crippen molar-refractivity contribution in [2.45, 2.75) is 6.04 Å². The van der Waals surface area contributed by atoms with Crippen LogP contribution in [0.4, 0.5) is 0 Å². The second kappa shape index (κ2) is 2.47. The van der Waals surface area contributed by atoms with Crippen LogP contribution in [0.1, 0.15) is 10.4 Å². The molecule has 0 aliphatic carbocycles. The van der Waals surface area contributed by atoms with E-state index in [9.17, 15) is 4.79 Å². The zero-order chi connectivity index (χ0) is 7.68. The summed E-state index contributed by atoms with van der Waals surface area (Å²) < 4.78 is 0. The Balaban J connectivity index is 2.22. The van der Waals surface area contributed by atoms with Crippen molar-refractivity contribution in [2.75, 3.05) is 6.54 Å². The lowest BCUT2D eigenvalue weighted by Gasteiger charge is -1.94. The van der Waals surface area contributed by atoms with Crippen LogP contribution in [-0.2, 0) is 0 Å². The second-order valence-electron chi connectivity index (χ2n) is 2.69. The van der Waals surface area contributed by atoms with Crippen molar-refractivity contribution in [2.24, 2.45) is 0 Å². The van der Waals surface area contributed by atoms with Gasteiger partial charge in [-0.3, -0.25) is 4.79 Å². The van der Waals surface area contributed by atoms with E-state index >= 15 is 0 Å². The van der Waals surface area contributed by atoms with Crippen LogP contribution in [0.2, 0.25) is 0 Å². The highest BCUT2D eigenvalue weighted by atomic mass is 16.1. The van der Waals surface area contributed by atoms with Crippen molar-refractivity contribution >= 4 is 5.78 Å². The summed E-state index contributed by atoms with van der Waals surface area (Å²) >= 11 is 0. The summed E-state index contributed by atoms with van der Waals surface area (Å²) in [6, 6.07) is 9.48. The van der Waals surface area contributed by atoms with E-state index in [1.807, 2.05) is 30.3 Å². The van der Waals surface area contributed by atoms with Gasteiger partial charge in [0.2, 0.25) is 0 Å². The third-order valence-electron chi connectivity index (χ3n) is 1.78. The number of nitrogens with one attached hydrogen (secondary N) is 1. The number of carbonyl (C=O) groups is 1. The van der Waals surface area contributed by atoms with Gasteiger partial charge in [-0.1, -0.05) is 30.3 Å². The SMILES string of the molecule is O=C(c1ccccc1)C1CN1. The smallest absolute Gasteiger partial charge is 0.181 e. The number of carbonyl (C=O) groups excluding carboxylic acids is 1. The summed E-state index contributed by atoms with van der Waals surface area (Å²) in [5.41, 5.74) is 0.808. The zero-order valence-corrected chi connectivity index (χ0v) is 6.08. The molecule has 1 saturated heterocycles. The van der Waals surface area contributed by atoms with Gasteiger partial charge >= 0.3 is 0 Å². The van der Waals surface area contributed by atoms with Gasteiger partial charge in [0.05, 0.1) is 6.04 Å². The molecular formula is C9H9NO. The molecule has 2 rings (SSSR count). The van der Waals surface area contributed by atoms with Gasteiger partial charge in [-0.2, -0.15) is 0 Å². The molecule has 0 radical (unpaired) electrons. The Bertz CT molecular complexity index is 264. The van der Waals surface area contributed by atoms with E-state index in [1.165, 1.54) is 0 Å². The van der Waals surface area contributed by atoms with Crippen LogP contribution >= 0.6 is 0 Å². The molecule has 0 bridgehead atoms. The van der Waals surface area contributed by atoms with Crippen molar-refractivity contribution in [1.82, 2.24) is 5.32 Å². The summed E-state index contributed by atoms with van der Waals surface area (Å²) in [6.07, 6.45) is 0. The Morgan fingerprint density at radius 3 is 2.55 bits per heavy atom. The predicted octanol–water partition coefficient (Wildman–Crippen LogP) is 0.841.